The maximum absolute atomic E-state index is 13.1. The molecule has 2 rings (SSSR count). The molecule has 0 aliphatic heterocycles. The predicted molar refractivity (Wildman–Crippen MR) is 116 cm³/mol. The Bertz CT molecular complexity index is 1050. The van der Waals surface area contributed by atoms with Gasteiger partial charge in [0.25, 0.3) is 0 Å². The molecular weight excluding hydrogens is 504 g/mol. The van der Waals surface area contributed by atoms with Crippen LogP contribution >= 0.6 is 11.6 Å². The molecule has 2 aromatic rings. The van der Waals surface area contributed by atoms with E-state index in [9.17, 15) is 31.4 Å². The van der Waals surface area contributed by atoms with Gasteiger partial charge in [0, 0.05) is 0 Å². The minimum atomic E-state index is -4.98. The van der Waals surface area contributed by atoms with Crippen molar-refractivity contribution in [2.24, 2.45) is 0 Å². The van der Waals surface area contributed by atoms with E-state index in [1.165, 1.54) is 0 Å². The van der Waals surface area contributed by atoms with Gasteiger partial charge in [0.05, 0.1) is 24.3 Å². The Kier molecular flexibility index (Phi) is 8.19. The van der Waals surface area contributed by atoms with Crippen molar-refractivity contribution in [3.05, 3.63) is 45.7 Å². The van der Waals surface area contributed by atoms with Crippen molar-refractivity contribution in [3.8, 4) is 11.8 Å². The van der Waals surface area contributed by atoms with Crippen LogP contribution in [0.15, 0.2) is 18.2 Å². The van der Waals surface area contributed by atoms with Crippen molar-refractivity contribution < 1.29 is 35.9 Å². The normalized spacial score (nSPS) is 14.0. The molecule has 0 spiro atoms. The number of hydrogen-bond donors (Lipinski definition) is 1. The van der Waals surface area contributed by atoms with E-state index in [-0.39, 0.29) is 34.1 Å². The molecule has 13 heteroatoms. The Morgan fingerprint density at radius 3 is 2.06 bits per heavy atom. The molecule has 5 nitrogen and oxygen atoms in total. The van der Waals surface area contributed by atoms with Gasteiger partial charge in [0.1, 0.15) is 5.69 Å². The monoisotopic (exact) mass is 527 g/mol. The van der Waals surface area contributed by atoms with Gasteiger partial charge in [-0.15, -0.1) is 5.10 Å². The summed E-state index contributed by atoms with van der Waals surface area (Å²) in [5, 5.41) is 17.3. The molecule has 1 unspecified atom stereocenters. The first-order valence-electron chi connectivity index (χ1n) is 10.0. The van der Waals surface area contributed by atoms with Crippen LogP contribution in [0.5, 0.6) is 0 Å². The van der Waals surface area contributed by atoms with Gasteiger partial charge in [0.2, 0.25) is 0 Å². The Morgan fingerprint density at radius 2 is 1.59 bits per heavy atom. The summed E-state index contributed by atoms with van der Waals surface area (Å²) in [7, 11) is -2.05. The van der Waals surface area contributed by atoms with Crippen molar-refractivity contribution in [2.75, 3.05) is 6.61 Å². The number of hydrogen-bond acceptors (Lipinski definition) is 4. The number of alkyl halides is 6. The third-order valence-corrected chi connectivity index (χ3v) is 10.4. The Balaban J connectivity index is 2.22. The molecule has 0 aliphatic rings. The van der Waals surface area contributed by atoms with E-state index in [1.54, 1.807) is 0 Å². The molecule has 1 aromatic carbocycles. The van der Waals surface area contributed by atoms with Gasteiger partial charge in [-0.2, -0.15) is 26.3 Å². The highest BCUT2D eigenvalue weighted by Crippen LogP contribution is 2.37. The van der Waals surface area contributed by atoms with Gasteiger partial charge in [-0.25, -0.2) is 4.68 Å². The number of aromatic nitrogens is 3. The highest BCUT2D eigenvalue weighted by Gasteiger charge is 2.38. The molecule has 1 heterocycles. The van der Waals surface area contributed by atoms with Crippen LogP contribution in [-0.2, 0) is 23.3 Å². The van der Waals surface area contributed by atoms with Crippen LogP contribution in [0.1, 0.15) is 49.3 Å². The van der Waals surface area contributed by atoms with Crippen molar-refractivity contribution >= 4 is 19.9 Å². The van der Waals surface area contributed by atoms with Crippen LogP contribution in [0.2, 0.25) is 23.3 Å². The lowest BCUT2D eigenvalue weighted by atomic mass is 10.0. The fourth-order valence-corrected chi connectivity index (χ4v) is 3.61. The maximum Gasteiger partial charge on any atom is 0.416 e. The van der Waals surface area contributed by atoms with Gasteiger partial charge in [-0.05, 0) is 41.9 Å². The summed E-state index contributed by atoms with van der Waals surface area (Å²) in [5.74, 6) is 5.18. The molecule has 0 bridgehead atoms. The molecule has 0 saturated heterocycles. The molecule has 188 valence electrons. The standard InChI is InChI=1S/C21H24ClF6N3O2Si/c1-19(2,3)34(4,5)33-8-6-7-16(32)17-18(22)31(30-29-17)12-13-9-14(20(23,24)25)11-15(10-13)21(26,27)28/h9-11,16,32H,8,12H2,1-5H3. The molecule has 1 N–H and O–H groups in total. The molecule has 0 aliphatic carbocycles. The van der Waals surface area contributed by atoms with Gasteiger partial charge < -0.3 is 9.53 Å². The molecule has 0 radical (unpaired) electrons. The zero-order valence-electron chi connectivity index (χ0n) is 19.1. The van der Waals surface area contributed by atoms with Gasteiger partial charge >= 0.3 is 12.4 Å². The minimum absolute atomic E-state index is 0.0308. The van der Waals surface area contributed by atoms with Crippen molar-refractivity contribution in [1.29, 1.82) is 0 Å². The lowest BCUT2D eigenvalue weighted by Gasteiger charge is -2.35. The molecule has 0 fully saturated rings. The molecule has 1 aromatic heterocycles. The first-order valence-corrected chi connectivity index (χ1v) is 13.3. The van der Waals surface area contributed by atoms with Crippen LogP contribution in [0.3, 0.4) is 0 Å². The topological polar surface area (TPSA) is 60.2 Å². The van der Waals surface area contributed by atoms with E-state index >= 15 is 0 Å². The highest BCUT2D eigenvalue weighted by molar-refractivity contribution is 6.74. The fraction of sp³-hybridized carbons (Fsp3) is 0.524. The Hall–Kier alpha value is -2.07. The second-order valence-electron chi connectivity index (χ2n) is 9.11. The zero-order chi connectivity index (χ0) is 26.1. The Labute approximate surface area is 199 Å². The van der Waals surface area contributed by atoms with Crippen LogP contribution in [0.4, 0.5) is 26.3 Å². The summed E-state index contributed by atoms with van der Waals surface area (Å²) >= 11 is 6.12. The van der Waals surface area contributed by atoms with Crippen LogP contribution < -0.4 is 0 Å². The van der Waals surface area contributed by atoms with Gasteiger partial charge in [0.15, 0.2) is 19.6 Å². The fourth-order valence-electron chi connectivity index (χ4n) is 2.51. The van der Waals surface area contributed by atoms with E-state index in [0.29, 0.717) is 12.1 Å². The van der Waals surface area contributed by atoms with Crippen molar-refractivity contribution in [1.82, 2.24) is 15.0 Å². The third-order valence-electron chi connectivity index (χ3n) is 5.49. The number of rotatable bonds is 5. The van der Waals surface area contributed by atoms with Crippen molar-refractivity contribution in [2.45, 2.75) is 63.9 Å². The third kappa shape index (κ3) is 6.97. The van der Waals surface area contributed by atoms with Gasteiger partial charge in [-0.1, -0.05) is 49.4 Å². The Morgan fingerprint density at radius 1 is 1.06 bits per heavy atom. The quantitative estimate of drug-likeness (QED) is 0.291. The zero-order valence-corrected chi connectivity index (χ0v) is 20.8. The van der Waals surface area contributed by atoms with E-state index in [2.05, 4.69) is 42.9 Å². The molecule has 0 saturated carbocycles. The lowest BCUT2D eigenvalue weighted by Crippen LogP contribution is -2.40. The van der Waals surface area contributed by atoms with Crippen LogP contribution in [0, 0.1) is 11.8 Å². The van der Waals surface area contributed by atoms with Crippen molar-refractivity contribution in [3.63, 3.8) is 0 Å². The number of halogens is 7. The summed E-state index contributed by atoms with van der Waals surface area (Å²) in [6.07, 6.45) is -11.4. The van der Waals surface area contributed by atoms with Gasteiger partial charge in [-0.3, -0.25) is 0 Å². The predicted octanol–water partition coefficient (Wildman–Crippen LogP) is 6.08. The van der Waals surface area contributed by atoms with E-state index in [0.717, 1.165) is 4.68 Å². The highest BCUT2D eigenvalue weighted by atomic mass is 35.5. The maximum atomic E-state index is 13.1. The number of nitrogens with zero attached hydrogens (tertiary/aromatic N) is 3. The average Bonchev–Trinajstić information content (AvgIpc) is 3.03. The summed E-state index contributed by atoms with van der Waals surface area (Å²) < 4.78 is 85.1. The summed E-state index contributed by atoms with van der Waals surface area (Å²) in [6, 6.07) is 1.17. The molecular formula is C21H24ClF6N3O2Si. The van der Waals surface area contributed by atoms with E-state index < -0.39 is 44.4 Å². The average molecular weight is 528 g/mol. The smallest absolute Gasteiger partial charge is 0.406 e. The van der Waals surface area contributed by atoms with E-state index in [4.69, 9.17) is 16.0 Å². The second-order valence-corrected chi connectivity index (χ2v) is 14.3. The summed E-state index contributed by atoms with van der Waals surface area (Å²) in [5.41, 5.74) is -3.43. The second kappa shape index (κ2) is 9.89. The molecule has 34 heavy (non-hydrogen) atoms. The lowest BCUT2D eigenvalue weighted by molar-refractivity contribution is -0.143. The first-order chi connectivity index (χ1) is 15.3. The summed E-state index contributed by atoms with van der Waals surface area (Å²) in [4.78, 5) is 0. The number of benzene rings is 1. The number of aliphatic hydroxyl groups is 1. The largest absolute Gasteiger partial charge is 0.416 e. The van der Waals surface area contributed by atoms with Crippen LogP contribution in [-0.4, -0.2) is 35.0 Å². The van der Waals surface area contributed by atoms with E-state index in [1.807, 2.05) is 13.1 Å². The van der Waals surface area contributed by atoms with Crippen LogP contribution in [0.25, 0.3) is 0 Å². The molecule has 0 amide bonds. The minimum Gasteiger partial charge on any atom is -0.406 e. The number of aliphatic hydroxyl groups excluding tert-OH is 1. The molecule has 1 atom stereocenters. The SMILES string of the molecule is CC(C)(C)[Si](C)(C)OCC#CC(O)c1nnn(Cc2cc(C(F)(F)F)cc(C(F)(F)F)c2)c1Cl. The summed E-state index contributed by atoms with van der Waals surface area (Å²) in [6.45, 7) is 9.76. The first kappa shape index (κ1) is 28.2.